The van der Waals surface area contributed by atoms with Crippen LogP contribution >= 0.6 is 0 Å². The van der Waals surface area contributed by atoms with Crippen molar-refractivity contribution in [3.05, 3.63) is 53.1 Å². The number of ether oxygens (including phenoxy) is 2. The van der Waals surface area contributed by atoms with E-state index in [2.05, 4.69) is 25.4 Å². The molecule has 1 fully saturated rings. The third kappa shape index (κ3) is 5.66. The minimum absolute atomic E-state index is 0.0675. The molecule has 3 heterocycles. The van der Waals surface area contributed by atoms with Gasteiger partial charge in [0.1, 0.15) is 23.3 Å². The molecule has 2 atom stereocenters. The fourth-order valence-corrected chi connectivity index (χ4v) is 3.18. The van der Waals surface area contributed by atoms with Crippen LogP contribution in [-0.4, -0.2) is 68.3 Å². The van der Waals surface area contributed by atoms with Gasteiger partial charge in [0.05, 0.1) is 32.3 Å². The van der Waals surface area contributed by atoms with E-state index in [9.17, 15) is 14.3 Å². The van der Waals surface area contributed by atoms with Crippen LogP contribution in [0.15, 0.2) is 28.8 Å². The second kappa shape index (κ2) is 9.98. The Balaban J connectivity index is 1.41. The molecule has 33 heavy (non-hydrogen) atoms. The summed E-state index contributed by atoms with van der Waals surface area (Å²) in [4.78, 5) is 25.3. The highest BCUT2D eigenvalue weighted by Crippen LogP contribution is 2.19. The Hall–Kier alpha value is -3.48. The minimum Gasteiger partial charge on any atom is -0.505 e. The SMILES string of the molecule is Cc1nc(C(=O)NCc2ccc(F)c(O)c2)cc(-c2noc(C[C@H]3CO[C@H](CO)CO3)n2)n1. The summed E-state index contributed by atoms with van der Waals surface area (Å²) in [6.07, 6.45) is -0.283. The normalized spacial score (nSPS) is 18.3. The van der Waals surface area contributed by atoms with Gasteiger partial charge in [-0.25, -0.2) is 14.4 Å². The third-order valence-corrected chi connectivity index (χ3v) is 4.87. The summed E-state index contributed by atoms with van der Waals surface area (Å²) in [5, 5.41) is 25.1. The Morgan fingerprint density at radius 3 is 2.70 bits per heavy atom. The molecule has 0 spiro atoms. The van der Waals surface area contributed by atoms with Gasteiger partial charge in [-0.15, -0.1) is 0 Å². The lowest BCUT2D eigenvalue weighted by Gasteiger charge is -2.27. The summed E-state index contributed by atoms with van der Waals surface area (Å²) in [6.45, 7) is 2.17. The fourth-order valence-electron chi connectivity index (χ4n) is 3.18. The Bertz CT molecular complexity index is 1130. The number of phenolic OH excluding ortho intramolecular Hbond substituents is 1. The number of nitrogens with one attached hydrogen (secondary N) is 1. The molecule has 3 N–H and O–H groups in total. The molecule has 1 amide bonds. The van der Waals surface area contributed by atoms with Crippen LogP contribution < -0.4 is 5.32 Å². The largest absolute Gasteiger partial charge is 0.505 e. The number of aromatic hydroxyl groups is 1. The fraction of sp³-hybridized carbons (Fsp3) is 0.381. The number of carbonyl (C=O) groups excluding carboxylic acids is 1. The maximum atomic E-state index is 13.2. The Labute approximate surface area is 187 Å². The number of phenols is 1. The average molecular weight is 459 g/mol. The van der Waals surface area contributed by atoms with E-state index in [0.717, 1.165) is 6.07 Å². The number of hydrogen-bond acceptors (Lipinski definition) is 10. The summed E-state index contributed by atoms with van der Waals surface area (Å²) in [6, 6.07) is 5.24. The Morgan fingerprint density at radius 2 is 1.97 bits per heavy atom. The van der Waals surface area contributed by atoms with E-state index < -0.39 is 17.5 Å². The van der Waals surface area contributed by atoms with Crippen LogP contribution in [0.3, 0.4) is 0 Å². The van der Waals surface area contributed by atoms with Gasteiger partial charge in [-0.05, 0) is 30.7 Å². The number of aromatic nitrogens is 4. The molecule has 0 aliphatic carbocycles. The number of aryl methyl sites for hydroxylation is 1. The zero-order valence-electron chi connectivity index (χ0n) is 17.7. The summed E-state index contributed by atoms with van der Waals surface area (Å²) in [5.74, 6) is -0.869. The van der Waals surface area contributed by atoms with E-state index in [1.54, 1.807) is 6.92 Å². The zero-order valence-corrected chi connectivity index (χ0v) is 17.7. The molecule has 4 rings (SSSR count). The van der Waals surface area contributed by atoms with Crippen LogP contribution in [0.25, 0.3) is 11.5 Å². The molecule has 1 saturated heterocycles. The van der Waals surface area contributed by atoms with Gasteiger partial charge in [-0.3, -0.25) is 4.79 Å². The van der Waals surface area contributed by atoms with E-state index in [-0.39, 0.29) is 43.5 Å². The molecular formula is C21H22FN5O6. The maximum Gasteiger partial charge on any atom is 0.270 e. The van der Waals surface area contributed by atoms with Gasteiger partial charge in [0, 0.05) is 6.54 Å². The van der Waals surface area contributed by atoms with Gasteiger partial charge >= 0.3 is 0 Å². The van der Waals surface area contributed by atoms with E-state index >= 15 is 0 Å². The van der Waals surface area contributed by atoms with Crippen molar-refractivity contribution < 1.29 is 33.4 Å². The minimum atomic E-state index is -0.738. The van der Waals surface area contributed by atoms with Gasteiger partial charge < -0.3 is 29.5 Å². The number of amides is 1. The van der Waals surface area contributed by atoms with Crippen molar-refractivity contribution in [1.82, 2.24) is 25.4 Å². The highest BCUT2D eigenvalue weighted by Gasteiger charge is 2.24. The zero-order chi connectivity index (χ0) is 23.4. The van der Waals surface area contributed by atoms with Gasteiger partial charge in [-0.2, -0.15) is 4.98 Å². The molecule has 11 nitrogen and oxygen atoms in total. The predicted molar refractivity (Wildman–Crippen MR) is 110 cm³/mol. The molecule has 2 aromatic heterocycles. The standard InChI is InChI=1S/C21H22FN5O6/c1-11-24-16(20-26-19(33-27-20)5-13-9-32-14(8-28)10-31-13)6-17(25-11)21(30)23-7-12-2-3-15(22)18(29)4-12/h2-4,6,13-14,28-29H,5,7-10H2,1H3,(H,23,30)/t13-,14+/m0/s1. The van der Waals surface area contributed by atoms with Crippen molar-refractivity contribution in [2.24, 2.45) is 0 Å². The first-order valence-electron chi connectivity index (χ1n) is 10.2. The first-order valence-corrected chi connectivity index (χ1v) is 10.2. The molecule has 0 radical (unpaired) electrons. The number of carbonyl (C=O) groups is 1. The number of aliphatic hydroxyl groups is 1. The van der Waals surface area contributed by atoms with Crippen molar-refractivity contribution in [2.45, 2.75) is 32.1 Å². The van der Waals surface area contributed by atoms with Crippen molar-refractivity contribution in [1.29, 1.82) is 0 Å². The first kappa shape index (κ1) is 22.7. The average Bonchev–Trinajstić information content (AvgIpc) is 3.28. The molecular weight excluding hydrogens is 437 g/mol. The van der Waals surface area contributed by atoms with E-state index in [4.69, 9.17) is 19.1 Å². The number of hydrogen-bond donors (Lipinski definition) is 3. The van der Waals surface area contributed by atoms with E-state index in [0.29, 0.717) is 36.0 Å². The van der Waals surface area contributed by atoms with Crippen LogP contribution in [0.5, 0.6) is 5.75 Å². The predicted octanol–water partition coefficient (Wildman–Crippen LogP) is 0.929. The second-order valence-electron chi connectivity index (χ2n) is 7.46. The number of aliphatic hydroxyl groups excluding tert-OH is 1. The number of benzene rings is 1. The molecule has 1 aliphatic rings. The van der Waals surface area contributed by atoms with Crippen LogP contribution in [-0.2, 0) is 22.4 Å². The smallest absolute Gasteiger partial charge is 0.270 e. The van der Waals surface area contributed by atoms with Gasteiger partial charge in [-0.1, -0.05) is 11.2 Å². The van der Waals surface area contributed by atoms with E-state index in [1.165, 1.54) is 18.2 Å². The van der Waals surface area contributed by atoms with Crippen molar-refractivity contribution in [3.8, 4) is 17.3 Å². The lowest BCUT2D eigenvalue weighted by molar-refractivity contribution is -0.145. The molecule has 0 bridgehead atoms. The van der Waals surface area contributed by atoms with Crippen molar-refractivity contribution in [2.75, 3.05) is 19.8 Å². The quantitative estimate of drug-likeness (QED) is 0.465. The Kier molecular flexibility index (Phi) is 6.87. The molecule has 0 saturated carbocycles. The maximum absolute atomic E-state index is 13.2. The van der Waals surface area contributed by atoms with Gasteiger partial charge in [0.15, 0.2) is 11.6 Å². The van der Waals surface area contributed by atoms with Crippen molar-refractivity contribution in [3.63, 3.8) is 0 Å². The Morgan fingerprint density at radius 1 is 1.18 bits per heavy atom. The third-order valence-electron chi connectivity index (χ3n) is 4.87. The van der Waals surface area contributed by atoms with Gasteiger partial charge in [0.2, 0.25) is 11.7 Å². The van der Waals surface area contributed by atoms with Gasteiger partial charge in [0.25, 0.3) is 5.91 Å². The number of rotatable bonds is 7. The summed E-state index contributed by atoms with van der Waals surface area (Å²) in [5.41, 5.74) is 0.924. The number of halogens is 1. The second-order valence-corrected chi connectivity index (χ2v) is 7.46. The molecule has 3 aromatic rings. The van der Waals surface area contributed by atoms with Crippen LogP contribution in [0.4, 0.5) is 4.39 Å². The number of nitrogens with zero attached hydrogens (tertiary/aromatic N) is 4. The highest BCUT2D eigenvalue weighted by atomic mass is 19.1. The highest BCUT2D eigenvalue weighted by molar-refractivity contribution is 5.93. The molecule has 0 unspecified atom stereocenters. The van der Waals surface area contributed by atoms with Crippen LogP contribution in [0, 0.1) is 12.7 Å². The lowest BCUT2D eigenvalue weighted by atomic mass is 10.2. The molecule has 1 aromatic carbocycles. The topological polar surface area (TPSA) is 153 Å². The summed E-state index contributed by atoms with van der Waals surface area (Å²) in [7, 11) is 0. The molecule has 174 valence electrons. The van der Waals surface area contributed by atoms with E-state index in [1.807, 2.05) is 0 Å². The van der Waals surface area contributed by atoms with Crippen LogP contribution in [0.2, 0.25) is 0 Å². The summed E-state index contributed by atoms with van der Waals surface area (Å²) >= 11 is 0. The monoisotopic (exact) mass is 459 g/mol. The molecule has 1 aliphatic heterocycles. The van der Waals surface area contributed by atoms with Crippen molar-refractivity contribution >= 4 is 5.91 Å². The lowest BCUT2D eigenvalue weighted by Crippen LogP contribution is -2.38. The van der Waals surface area contributed by atoms with Crippen LogP contribution in [0.1, 0.15) is 27.8 Å². The molecule has 12 heteroatoms. The first-order chi connectivity index (χ1) is 15.9. The summed E-state index contributed by atoms with van der Waals surface area (Å²) < 4.78 is 29.5.